The summed E-state index contributed by atoms with van der Waals surface area (Å²) in [6, 6.07) is 0. The largest absolute Gasteiger partial charge is 0.394 e. The zero-order valence-corrected chi connectivity index (χ0v) is 16.5. The highest BCUT2D eigenvalue weighted by Gasteiger charge is 2.42. The van der Waals surface area contributed by atoms with Crippen molar-refractivity contribution in [3.05, 3.63) is 35.9 Å². The van der Waals surface area contributed by atoms with Crippen LogP contribution in [-0.2, 0) is 9.53 Å². The molecule has 0 bridgehead atoms. The molecule has 5 unspecified atom stereocenters. The van der Waals surface area contributed by atoms with Crippen LogP contribution in [0.25, 0.3) is 0 Å². The van der Waals surface area contributed by atoms with E-state index in [2.05, 4.69) is 20.3 Å². The van der Waals surface area contributed by atoms with Gasteiger partial charge in [-0.2, -0.15) is 4.99 Å². The first-order chi connectivity index (χ1) is 13.9. The molecule has 2 aliphatic rings. The molecule has 0 saturated carbocycles. The normalized spacial score (nSPS) is 29.0. The van der Waals surface area contributed by atoms with Gasteiger partial charge in [0.1, 0.15) is 17.6 Å². The predicted octanol–water partition coefficient (Wildman–Crippen LogP) is 0.553. The Hall–Kier alpha value is -2.49. The number of carbonyl (C=O) groups is 2. The van der Waals surface area contributed by atoms with Crippen LogP contribution in [-0.4, -0.2) is 62.7 Å². The minimum absolute atomic E-state index is 0.0661. The lowest BCUT2D eigenvalue weighted by atomic mass is 9.88. The Morgan fingerprint density at radius 1 is 1.28 bits per heavy atom. The number of aliphatic imine (C=N–C) groups is 1. The van der Waals surface area contributed by atoms with E-state index in [-0.39, 0.29) is 36.1 Å². The van der Waals surface area contributed by atoms with Crippen LogP contribution in [0.5, 0.6) is 0 Å². The third-order valence-electron chi connectivity index (χ3n) is 5.32. The molecule has 0 aliphatic carbocycles. The van der Waals surface area contributed by atoms with Gasteiger partial charge in [-0.25, -0.2) is 4.98 Å². The Morgan fingerprint density at radius 3 is 2.72 bits per heavy atom. The van der Waals surface area contributed by atoms with Gasteiger partial charge in [-0.1, -0.05) is 13.0 Å². The summed E-state index contributed by atoms with van der Waals surface area (Å²) in [5, 5.41) is 22.1. The summed E-state index contributed by atoms with van der Waals surface area (Å²) in [6.07, 6.45) is 6.53. The zero-order chi connectivity index (χ0) is 21.0. The van der Waals surface area contributed by atoms with Crippen molar-refractivity contribution in [1.29, 1.82) is 0 Å². The molecule has 156 valence electrons. The van der Waals surface area contributed by atoms with Crippen molar-refractivity contribution in [2.24, 2.45) is 16.8 Å². The van der Waals surface area contributed by atoms with Crippen molar-refractivity contribution in [3.63, 3.8) is 0 Å². The number of aliphatic hydroxyl groups is 2. The zero-order valence-electron chi connectivity index (χ0n) is 16.5. The van der Waals surface area contributed by atoms with Gasteiger partial charge in [-0.3, -0.25) is 14.6 Å². The number of hydrogen-bond acceptors (Lipinski definition) is 7. The topological polar surface area (TPSA) is 134 Å². The molecule has 29 heavy (non-hydrogen) atoms. The summed E-state index contributed by atoms with van der Waals surface area (Å²) in [6.45, 7) is 3.47. The van der Waals surface area contributed by atoms with E-state index in [0.717, 1.165) is 6.42 Å². The van der Waals surface area contributed by atoms with E-state index < -0.39 is 24.0 Å². The number of amides is 2. The Bertz CT molecular complexity index is 825. The van der Waals surface area contributed by atoms with Crippen molar-refractivity contribution in [3.8, 4) is 0 Å². The molecule has 1 aromatic rings. The minimum Gasteiger partial charge on any atom is -0.394 e. The second kappa shape index (κ2) is 9.34. The molecular formula is C20H26N4O5. The molecule has 1 aromatic heterocycles. The van der Waals surface area contributed by atoms with Crippen LogP contribution in [0.2, 0.25) is 0 Å². The van der Waals surface area contributed by atoms with Gasteiger partial charge >= 0.3 is 0 Å². The number of nitrogens with zero attached hydrogens (tertiary/aromatic N) is 3. The van der Waals surface area contributed by atoms with Gasteiger partial charge in [0.25, 0.3) is 11.8 Å². The fraction of sp³-hybridized carbons (Fsp3) is 0.550. The molecule has 3 heterocycles. The molecule has 1 saturated heterocycles. The highest BCUT2D eigenvalue weighted by atomic mass is 16.5. The molecular weight excluding hydrogens is 376 g/mol. The van der Waals surface area contributed by atoms with Crippen LogP contribution in [0.15, 0.2) is 29.5 Å². The summed E-state index contributed by atoms with van der Waals surface area (Å²) >= 11 is 0. The Morgan fingerprint density at radius 2 is 2.07 bits per heavy atom. The van der Waals surface area contributed by atoms with Gasteiger partial charge < -0.3 is 20.3 Å². The quantitative estimate of drug-likeness (QED) is 0.633. The minimum atomic E-state index is -0.697. The second-order valence-electron chi connectivity index (χ2n) is 7.34. The SMILES string of the molecule is CCC1C(CCC2C=CC(NC(=O)c3cncc(C)n3)=NC2=O)OC(CO)C1O. The van der Waals surface area contributed by atoms with Crippen LogP contribution >= 0.6 is 0 Å². The van der Waals surface area contributed by atoms with Crippen LogP contribution in [0, 0.1) is 18.8 Å². The van der Waals surface area contributed by atoms with E-state index in [9.17, 15) is 19.8 Å². The predicted molar refractivity (Wildman–Crippen MR) is 104 cm³/mol. The molecule has 9 heteroatoms. The maximum absolute atomic E-state index is 12.4. The second-order valence-corrected chi connectivity index (χ2v) is 7.34. The molecule has 3 rings (SSSR count). The van der Waals surface area contributed by atoms with Crippen molar-refractivity contribution in [2.75, 3.05) is 6.61 Å². The van der Waals surface area contributed by atoms with Crippen LogP contribution in [0.1, 0.15) is 42.4 Å². The summed E-state index contributed by atoms with van der Waals surface area (Å²) in [4.78, 5) is 36.6. The summed E-state index contributed by atoms with van der Waals surface area (Å²) in [5.74, 6) is -1.14. The number of aromatic nitrogens is 2. The van der Waals surface area contributed by atoms with Gasteiger partial charge in [0.2, 0.25) is 0 Å². The van der Waals surface area contributed by atoms with Crippen molar-refractivity contribution in [2.45, 2.75) is 51.4 Å². The molecule has 5 atom stereocenters. The lowest BCUT2D eigenvalue weighted by Gasteiger charge is -2.20. The van der Waals surface area contributed by atoms with Gasteiger partial charge in [0.15, 0.2) is 0 Å². The Kier molecular flexibility index (Phi) is 6.83. The van der Waals surface area contributed by atoms with Gasteiger partial charge in [-0.15, -0.1) is 0 Å². The average molecular weight is 402 g/mol. The Labute approximate surface area is 168 Å². The fourth-order valence-electron chi connectivity index (χ4n) is 3.75. The number of carbonyl (C=O) groups excluding carboxylic acids is 2. The number of hydrogen-bond donors (Lipinski definition) is 3. The van der Waals surface area contributed by atoms with Gasteiger partial charge in [0, 0.05) is 12.1 Å². The van der Waals surface area contributed by atoms with Crippen LogP contribution < -0.4 is 5.32 Å². The molecule has 2 amide bonds. The third kappa shape index (κ3) is 4.92. The van der Waals surface area contributed by atoms with Crippen LogP contribution in [0.4, 0.5) is 0 Å². The smallest absolute Gasteiger partial charge is 0.277 e. The van der Waals surface area contributed by atoms with E-state index in [4.69, 9.17) is 4.74 Å². The van der Waals surface area contributed by atoms with E-state index >= 15 is 0 Å². The summed E-state index contributed by atoms with van der Waals surface area (Å²) < 4.78 is 5.74. The van der Waals surface area contributed by atoms with Crippen LogP contribution in [0.3, 0.4) is 0 Å². The highest BCUT2D eigenvalue weighted by Crippen LogP contribution is 2.33. The van der Waals surface area contributed by atoms with Crippen molar-refractivity contribution < 1.29 is 24.5 Å². The molecule has 0 radical (unpaired) electrons. The molecule has 3 N–H and O–H groups in total. The lowest BCUT2D eigenvalue weighted by Crippen LogP contribution is -2.33. The molecule has 9 nitrogen and oxygen atoms in total. The fourth-order valence-corrected chi connectivity index (χ4v) is 3.75. The Balaban J connectivity index is 1.55. The lowest BCUT2D eigenvalue weighted by molar-refractivity contribution is -0.120. The molecule has 0 spiro atoms. The number of ether oxygens (including phenoxy) is 1. The third-order valence-corrected chi connectivity index (χ3v) is 5.32. The number of aliphatic hydroxyl groups excluding tert-OH is 2. The highest BCUT2D eigenvalue weighted by molar-refractivity contribution is 6.13. The van der Waals surface area contributed by atoms with Crippen molar-refractivity contribution >= 4 is 17.6 Å². The number of amidine groups is 1. The monoisotopic (exact) mass is 402 g/mol. The number of rotatable bonds is 6. The maximum Gasteiger partial charge on any atom is 0.277 e. The summed E-state index contributed by atoms with van der Waals surface area (Å²) in [5.41, 5.74) is 0.764. The molecule has 1 fully saturated rings. The average Bonchev–Trinajstić information content (AvgIpc) is 3.02. The van der Waals surface area contributed by atoms with E-state index in [1.807, 2.05) is 6.92 Å². The molecule has 2 aliphatic heterocycles. The van der Waals surface area contributed by atoms with Gasteiger partial charge in [0.05, 0.1) is 36.6 Å². The van der Waals surface area contributed by atoms with Gasteiger partial charge in [-0.05, 0) is 32.3 Å². The first-order valence-electron chi connectivity index (χ1n) is 9.78. The first kappa shape index (κ1) is 21.2. The number of nitrogens with one attached hydrogen (secondary N) is 1. The number of dihydropyridines is 1. The standard InChI is InChI=1S/C20H26N4O5/c1-3-13-15(29-16(10-25)18(13)26)6-4-12-5-7-17(23-19(12)27)24-20(28)14-9-21-8-11(2)22-14/h5,7-9,12-13,15-16,18,25-26H,3-4,6,10H2,1-2H3,(H,23,24,27,28). The summed E-state index contributed by atoms with van der Waals surface area (Å²) in [7, 11) is 0. The van der Waals surface area contributed by atoms with E-state index in [0.29, 0.717) is 18.5 Å². The number of aryl methyl sites for hydroxylation is 1. The molecule has 0 aromatic carbocycles. The maximum atomic E-state index is 12.4. The first-order valence-corrected chi connectivity index (χ1v) is 9.78. The van der Waals surface area contributed by atoms with E-state index in [1.165, 1.54) is 6.20 Å². The van der Waals surface area contributed by atoms with E-state index in [1.54, 1.807) is 25.3 Å². The van der Waals surface area contributed by atoms with Crippen molar-refractivity contribution in [1.82, 2.24) is 15.3 Å².